The van der Waals surface area contributed by atoms with Crippen LogP contribution < -0.4 is 0 Å². The summed E-state index contributed by atoms with van der Waals surface area (Å²) in [6.45, 7) is 1.43. The highest BCUT2D eigenvalue weighted by Gasteiger charge is 2.19. The van der Waals surface area contributed by atoms with Crippen LogP contribution >= 0.6 is 11.6 Å². The van der Waals surface area contributed by atoms with Crippen LogP contribution in [0, 0.1) is 0 Å². The van der Waals surface area contributed by atoms with Crippen molar-refractivity contribution in [3.8, 4) is 0 Å². The number of hydrogen-bond acceptors (Lipinski definition) is 1. The molecule has 0 heterocycles. The predicted octanol–water partition coefficient (Wildman–Crippen LogP) is 1.82. The number of aliphatic hydroxyl groups excluding tert-OH is 1. The molecule has 0 bridgehead atoms. The van der Waals surface area contributed by atoms with Crippen molar-refractivity contribution in [2.75, 3.05) is 20.6 Å². The molecule has 1 rings (SSSR count). The second-order valence-corrected chi connectivity index (χ2v) is 4.70. The number of hydrogen-bond donors (Lipinski definition) is 1. The van der Waals surface area contributed by atoms with Gasteiger partial charge in [0.25, 0.3) is 0 Å². The van der Waals surface area contributed by atoms with E-state index in [4.69, 9.17) is 16.7 Å². The first-order valence-electron chi connectivity index (χ1n) is 4.68. The molecule has 78 valence electrons. The van der Waals surface area contributed by atoms with Gasteiger partial charge in [-0.15, -0.1) is 0 Å². The van der Waals surface area contributed by atoms with Crippen molar-refractivity contribution >= 4 is 11.6 Å². The van der Waals surface area contributed by atoms with Gasteiger partial charge >= 0.3 is 0 Å². The Kier molecular flexibility index (Phi) is 3.93. The summed E-state index contributed by atoms with van der Waals surface area (Å²) in [6.07, 6.45) is 0. The Hall–Kier alpha value is -0.570. The van der Waals surface area contributed by atoms with E-state index in [-0.39, 0.29) is 0 Å². The molecular weight excluding hydrogens is 198 g/mol. The average molecular weight is 215 g/mol. The summed E-state index contributed by atoms with van der Waals surface area (Å²) < 4.78 is 0.689. The van der Waals surface area contributed by atoms with Gasteiger partial charge in [0.15, 0.2) is 5.56 Å². The minimum absolute atomic E-state index is 0.552. The van der Waals surface area contributed by atoms with Crippen LogP contribution in [0.3, 0.4) is 0 Å². The third-order valence-electron chi connectivity index (χ3n) is 2.10. The van der Waals surface area contributed by atoms with Crippen LogP contribution in [0.2, 0.25) is 0 Å². The molecule has 0 aliphatic carbocycles. The first kappa shape index (κ1) is 11.5. The number of alkyl halides is 1. The van der Waals surface area contributed by atoms with Crippen molar-refractivity contribution in [1.82, 2.24) is 0 Å². The van der Waals surface area contributed by atoms with Crippen molar-refractivity contribution in [3.63, 3.8) is 0 Å². The molecule has 1 atom stereocenters. The van der Waals surface area contributed by atoms with E-state index >= 15 is 0 Å². The van der Waals surface area contributed by atoms with Crippen LogP contribution in [0.15, 0.2) is 30.3 Å². The van der Waals surface area contributed by atoms with Gasteiger partial charge in [0.1, 0.15) is 13.1 Å². The minimum atomic E-state index is -0.770. The van der Waals surface area contributed by atoms with E-state index in [2.05, 4.69) is 26.2 Å². The van der Waals surface area contributed by atoms with Gasteiger partial charge < -0.3 is 9.59 Å². The lowest BCUT2D eigenvalue weighted by molar-refractivity contribution is -0.905. The molecule has 0 saturated heterocycles. The topological polar surface area (TPSA) is 20.2 Å². The summed E-state index contributed by atoms with van der Waals surface area (Å²) in [4.78, 5) is 0. The normalized spacial score (nSPS) is 14.0. The van der Waals surface area contributed by atoms with Gasteiger partial charge in [0.2, 0.25) is 0 Å². The number of benzene rings is 1. The predicted molar refractivity (Wildman–Crippen MR) is 59.0 cm³/mol. The lowest BCUT2D eigenvalue weighted by Crippen LogP contribution is -2.43. The third kappa shape index (κ3) is 4.09. The summed E-state index contributed by atoms with van der Waals surface area (Å²) in [7, 11) is 4.11. The molecular formula is C11H17ClNO+. The maximum Gasteiger partial charge on any atom is 0.177 e. The molecule has 2 nitrogen and oxygen atoms in total. The number of quaternary nitrogens is 1. The second-order valence-electron chi connectivity index (χ2n) is 4.20. The Morgan fingerprint density at radius 3 is 2.36 bits per heavy atom. The van der Waals surface area contributed by atoms with Crippen LogP contribution in [-0.4, -0.2) is 35.8 Å². The summed E-state index contributed by atoms with van der Waals surface area (Å²) in [6, 6.07) is 10.2. The number of likely N-dealkylation sites (N-methyl/N-ethyl adjacent to an activating group) is 1. The van der Waals surface area contributed by atoms with Gasteiger partial charge in [-0.2, -0.15) is 0 Å². The molecule has 0 aliphatic heterocycles. The molecule has 3 heteroatoms. The zero-order valence-electron chi connectivity index (χ0n) is 8.65. The largest absolute Gasteiger partial charge is 0.372 e. The zero-order valence-corrected chi connectivity index (χ0v) is 9.41. The van der Waals surface area contributed by atoms with Gasteiger partial charge in [-0.3, -0.25) is 0 Å². The highest BCUT2D eigenvalue weighted by Crippen LogP contribution is 2.10. The Morgan fingerprint density at radius 2 is 1.86 bits per heavy atom. The number of nitrogens with zero attached hydrogens (tertiary/aromatic N) is 1. The molecule has 0 fully saturated rings. The van der Waals surface area contributed by atoms with Crippen LogP contribution in [0.25, 0.3) is 0 Å². The third-order valence-corrected chi connectivity index (χ3v) is 2.24. The van der Waals surface area contributed by atoms with Crippen molar-refractivity contribution < 1.29 is 9.59 Å². The van der Waals surface area contributed by atoms with E-state index in [1.807, 2.05) is 18.2 Å². The molecule has 1 aromatic rings. The van der Waals surface area contributed by atoms with Crippen LogP contribution in [-0.2, 0) is 6.54 Å². The Bertz CT molecular complexity index is 272. The summed E-state index contributed by atoms with van der Waals surface area (Å²) in [5, 5.41) is 9.12. The maximum atomic E-state index is 9.12. The molecule has 0 aromatic heterocycles. The molecule has 0 spiro atoms. The number of halogens is 1. The molecule has 14 heavy (non-hydrogen) atoms. The van der Waals surface area contributed by atoms with Crippen molar-refractivity contribution in [3.05, 3.63) is 35.9 Å². The molecule has 1 aromatic carbocycles. The highest BCUT2D eigenvalue weighted by molar-refractivity contribution is 6.19. The molecule has 1 unspecified atom stereocenters. The van der Waals surface area contributed by atoms with E-state index in [0.29, 0.717) is 11.0 Å². The molecule has 0 radical (unpaired) electrons. The Labute approximate surface area is 90.3 Å². The van der Waals surface area contributed by atoms with E-state index < -0.39 is 5.56 Å². The lowest BCUT2D eigenvalue weighted by atomic mass is 10.2. The van der Waals surface area contributed by atoms with E-state index in [1.54, 1.807) is 0 Å². The van der Waals surface area contributed by atoms with E-state index in [0.717, 1.165) is 6.54 Å². The van der Waals surface area contributed by atoms with Gasteiger partial charge in [-0.05, 0) is 0 Å². The average Bonchev–Trinajstić information content (AvgIpc) is 2.02. The van der Waals surface area contributed by atoms with Gasteiger partial charge in [0, 0.05) is 5.56 Å². The van der Waals surface area contributed by atoms with Gasteiger partial charge in [-0.25, -0.2) is 0 Å². The number of rotatable bonds is 4. The number of aliphatic hydroxyl groups is 1. The monoisotopic (exact) mass is 214 g/mol. The fourth-order valence-corrected chi connectivity index (χ4v) is 1.92. The molecule has 0 saturated carbocycles. The lowest BCUT2D eigenvalue weighted by Gasteiger charge is -2.30. The smallest absolute Gasteiger partial charge is 0.177 e. The fraction of sp³-hybridized carbons (Fsp3) is 0.455. The second kappa shape index (κ2) is 4.78. The zero-order chi connectivity index (χ0) is 10.6. The van der Waals surface area contributed by atoms with Crippen LogP contribution in [0.5, 0.6) is 0 Å². The molecule has 1 N–H and O–H groups in total. The van der Waals surface area contributed by atoms with Crippen molar-refractivity contribution in [2.45, 2.75) is 12.1 Å². The van der Waals surface area contributed by atoms with Crippen molar-refractivity contribution in [2.24, 2.45) is 0 Å². The minimum Gasteiger partial charge on any atom is -0.372 e. The quantitative estimate of drug-likeness (QED) is 0.599. The van der Waals surface area contributed by atoms with Crippen LogP contribution in [0.4, 0.5) is 0 Å². The van der Waals surface area contributed by atoms with Gasteiger partial charge in [0.05, 0.1) is 14.1 Å². The molecule has 0 aliphatic rings. The van der Waals surface area contributed by atoms with Crippen LogP contribution in [0.1, 0.15) is 5.56 Å². The highest BCUT2D eigenvalue weighted by atomic mass is 35.5. The summed E-state index contributed by atoms with van der Waals surface area (Å²) in [5.41, 5.74) is 0.489. The Morgan fingerprint density at radius 1 is 1.29 bits per heavy atom. The summed E-state index contributed by atoms with van der Waals surface area (Å²) in [5.74, 6) is 0. The molecule has 0 amide bonds. The maximum absolute atomic E-state index is 9.12. The SMILES string of the molecule is C[N+](C)(Cc1ccccc1)CC(O)Cl. The first-order chi connectivity index (χ1) is 6.49. The Balaban J connectivity index is 2.59. The van der Waals surface area contributed by atoms with E-state index in [9.17, 15) is 0 Å². The fourth-order valence-electron chi connectivity index (χ4n) is 1.55. The first-order valence-corrected chi connectivity index (χ1v) is 5.11. The van der Waals surface area contributed by atoms with Gasteiger partial charge in [-0.1, -0.05) is 41.9 Å². The summed E-state index contributed by atoms with van der Waals surface area (Å²) >= 11 is 5.57. The standard InChI is InChI=1S/C11H17ClNO/c1-13(2,9-11(12)14)8-10-6-4-3-5-7-10/h3-7,11,14H,8-9H2,1-2H3/q+1. The van der Waals surface area contributed by atoms with Crippen molar-refractivity contribution in [1.29, 1.82) is 0 Å². The van der Waals surface area contributed by atoms with E-state index in [1.165, 1.54) is 5.56 Å².